The Kier molecular flexibility index (Phi) is 11.0. The van der Waals surface area contributed by atoms with Crippen LogP contribution in [-0.2, 0) is 32.6 Å². The molecular formula is C30H35Cl2N3O4S. The molecule has 2 amide bonds. The lowest BCUT2D eigenvalue weighted by Gasteiger charge is -2.34. The fourth-order valence-corrected chi connectivity index (χ4v) is 5.61. The zero-order valence-electron chi connectivity index (χ0n) is 23.1. The number of sulfonamides is 1. The molecule has 3 aromatic carbocycles. The molecule has 0 radical (unpaired) electrons. The van der Waals surface area contributed by atoms with Gasteiger partial charge in [0, 0.05) is 29.6 Å². The predicted molar refractivity (Wildman–Crippen MR) is 162 cm³/mol. The molecule has 0 spiro atoms. The van der Waals surface area contributed by atoms with Gasteiger partial charge in [0.25, 0.3) is 0 Å². The molecule has 0 bridgehead atoms. The lowest BCUT2D eigenvalue weighted by atomic mass is 10.0. The Hall–Kier alpha value is -3.07. The number of nitrogens with zero attached hydrogens (tertiary/aromatic N) is 2. The van der Waals surface area contributed by atoms with Crippen LogP contribution in [0.4, 0.5) is 5.69 Å². The smallest absolute Gasteiger partial charge is 0.244 e. The maximum atomic E-state index is 14.1. The molecule has 0 heterocycles. The van der Waals surface area contributed by atoms with E-state index in [1.165, 1.54) is 4.90 Å². The molecule has 214 valence electrons. The average molecular weight is 605 g/mol. The number of nitrogens with one attached hydrogen (secondary N) is 1. The van der Waals surface area contributed by atoms with E-state index in [9.17, 15) is 18.0 Å². The van der Waals surface area contributed by atoms with E-state index < -0.39 is 28.5 Å². The van der Waals surface area contributed by atoms with Crippen LogP contribution in [-0.4, -0.2) is 50.5 Å². The molecule has 0 aromatic heterocycles. The molecule has 1 N–H and O–H groups in total. The number of carbonyl (C=O) groups is 2. The Bertz CT molecular complexity index is 1430. The van der Waals surface area contributed by atoms with E-state index in [0.717, 1.165) is 16.1 Å². The molecule has 0 aliphatic carbocycles. The van der Waals surface area contributed by atoms with Crippen molar-refractivity contribution in [2.75, 3.05) is 23.7 Å². The molecular weight excluding hydrogens is 569 g/mol. The van der Waals surface area contributed by atoms with Crippen LogP contribution in [0.15, 0.2) is 72.8 Å². The fraction of sp³-hybridized carbons (Fsp3) is 0.333. The lowest BCUT2D eigenvalue weighted by molar-refractivity contribution is -0.140. The molecule has 0 saturated heterocycles. The fourth-order valence-electron chi connectivity index (χ4n) is 4.28. The monoisotopic (exact) mass is 603 g/mol. The topological polar surface area (TPSA) is 86.8 Å². The summed E-state index contributed by atoms with van der Waals surface area (Å²) in [5.74, 6) is -0.672. The first-order chi connectivity index (χ1) is 18.9. The van der Waals surface area contributed by atoms with Crippen LogP contribution in [0.5, 0.6) is 0 Å². The van der Waals surface area contributed by atoms with Crippen LogP contribution < -0.4 is 9.62 Å². The van der Waals surface area contributed by atoms with Crippen molar-refractivity contribution < 1.29 is 18.0 Å². The number of rotatable bonds is 12. The van der Waals surface area contributed by atoms with Gasteiger partial charge in [-0.3, -0.25) is 13.9 Å². The van der Waals surface area contributed by atoms with Gasteiger partial charge in [-0.25, -0.2) is 8.42 Å². The summed E-state index contributed by atoms with van der Waals surface area (Å²) in [5.41, 5.74) is 2.43. The second kappa shape index (κ2) is 14.0. The van der Waals surface area contributed by atoms with E-state index in [-0.39, 0.29) is 24.8 Å². The van der Waals surface area contributed by atoms with Crippen molar-refractivity contribution in [1.82, 2.24) is 10.2 Å². The van der Waals surface area contributed by atoms with Crippen LogP contribution in [0.25, 0.3) is 0 Å². The average Bonchev–Trinajstić information content (AvgIpc) is 2.89. The number of benzene rings is 3. The van der Waals surface area contributed by atoms with Crippen molar-refractivity contribution >= 4 is 50.7 Å². The van der Waals surface area contributed by atoms with Gasteiger partial charge in [0.15, 0.2) is 0 Å². The Labute approximate surface area is 247 Å². The molecule has 1 atom stereocenters. The first-order valence-corrected chi connectivity index (χ1v) is 15.6. The molecule has 0 saturated carbocycles. The maximum Gasteiger partial charge on any atom is 0.244 e. The highest BCUT2D eigenvalue weighted by molar-refractivity contribution is 7.92. The summed E-state index contributed by atoms with van der Waals surface area (Å²) >= 11 is 12.6. The Balaban J connectivity index is 2.08. The van der Waals surface area contributed by atoms with Gasteiger partial charge in [-0.2, -0.15) is 0 Å². The van der Waals surface area contributed by atoms with Gasteiger partial charge in [-0.05, 0) is 53.8 Å². The van der Waals surface area contributed by atoms with Crippen molar-refractivity contribution in [3.05, 3.63) is 99.5 Å². The van der Waals surface area contributed by atoms with Crippen LogP contribution in [0.3, 0.4) is 0 Å². The van der Waals surface area contributed by atoms with Crippen LogP contribution in [0.2, 0.25) is 10.0 Å². The highest BCUT2D eigenvalue weighted by Gasteiger charge is 2.33. The summed E-state index contributed by atoms with van der Waals surface area (Å²) in [4.78, 5) is 29.2. The SMILES string of the molecule is Cc1cc(Cl)ccc1N(CC(=O)N(Cc1ccccc1Cl)C(Cc1ccccc1)C(=O)NCC(C)C)S(C)(=O)=O. The Morgan fingerprint density at radius 2 is 1.60 bits per heavy atom. The third-order valence-corrected chi connectivity index (χ3v) is 8.09. The molecule has 0 aliphatic heterocycles. The number of hydrogen-bond donors (Lipinski definition) is 1. The van der Waals surface area contributed by atoms with Gasteiger partial charge in [0.1, 0.15) is 12.6 Å². The summed E-state index contributed by atoms with van der Waals surface area (Å²) in [6.45, 7) is 5.63. The maximum absolute atomic E-state index is 14.1. The Morgan fingerprint density at radius 3 is 2.20 bits per heavy atom. The first-order valence-electron chi connectivity index (χ1n) is 12.9. The van der Waals surface area contributed by atoms with Crippen molar-refractivity contribution in [3.8, 4) is 0 Å². The van der Waals surface area contributed by atoms with Crippen molar-refractivity contribution in [3.63, 3.8) is 0 Å². The molecule has 10 heteroatoms. The van der Waals surface area contributed by atoms with E-state index in [1.54, 1.807) is 49.4 Å². The molecule has 3 aromatic rings. The van der Waals surface area contributed by atoms with Crippen molar-refractivity contribution in [1.29, 1.82) is 0 Å². The van der Waals surface area contributed by atoms with E-state index in [0.29, 0.717) is 33.4 Å². The summed E-state index contributed by atoms with van der Waals surface area (Å²) < 4.78 is 26.9. The number of halogens is 2. The second-order valence-electron chi connectivity index (χ2n) is 10.2. The minimum atomic E-state index is -3.87. The number of anilines is 1. The highest BCUT2D eigenvalue weighted by Crippen LogP contribution is 2.27. The third-order valence-electron chi connectivity index (χ3n) is 6.36. The van der Waals surface area contributed by atoms with Gasteiger partial charge in [0.2, 0.25) is 21.8 Å². The van der Waals surface area contributed by atoms with E-state index in [2.05, 4.69) is 5.32 Å². The molecule has 40 heavy (non-hydrogen) atoms. The summed E-state index contributed by atoms with van der Waals surface area (Å²) in [7, 11) is -3.87. The third kappa shape index (κ3) is 8.71. The summed E-state index contributed by atoms with van der Waals surface area (Å²) in [6.07, 6.45) is 1.28. The van der Waals surface area contributed by atoms with Gasteiger partial charge >= 0.3 is 0 Å². The zero-order chi connectivity index (χ0) is 29.4. The lowest BCUT2D eigenvalue weighted by Crippen LogP contribution is -2.53. The van der Waals surface area contributed by atoms with E-state index >= 15 is 0 Å². The minimum Gasteiger partial charge on any atom is -0.354 e. The number of carbonyl (C=O) groups excluding carboxylic acids is 2. The van der Waals surface area contributed by atoms with Crippen LogP contribution in [0, 0.1) is 12.8 Å². The quantitative estimate of drug-likeness (QED) is 0.297. The second-order valence-corrected chi connectivity index (χ2v) is 12.9. The summed E-state index contributed by atoms with van der Waals surface area (Å²) in [5, 5.41) is 3.85. The minimum absolute atomic E-state index is 0.0162. The molecule has 7 nitrogen and oxygen atoms in total. The van der Waals surface area contributed by atoms with Crippen molar-refractivity contribution in [2.45, 2.75) is 39.8 Å². The van der Waals surface area contributed by atoms with Crippen LogP contribution >= 0.6 is 23.2 Å². The van der Waals surface area contributed by atoms with E-state index in [1.807, 2.05) is 44.2 Å². The van der Waals surface area contributed by atoms with E-state index in [4.69, 9.17) is 23.2 Å². The zero-order valence-corrected chi connectivity index (χ0v) is 25.4. The summed E-state index contributed by atoms with van der Waals surface area (Å²) in [6, 6.07) is 20.3. The van der Waals surface area contributed by atoms with Crippen molar-refractivity contribution in [2.24, 2.45) is 5.92 Å². The van der Waals surface area contributed by atoms with Gasteiger partial charge < -0.3 is 10.2 Å². The first kappa shape index (κ1) is 31.5. The molecule has 3 rings (SSSR count). The number of amides is 2. The normalized spacial score (nSPS) is 12.2. The standard InChI is InChI=1S/C30H35Cl2N3O4S/c1-21(2)18-33-30(37)28(17-23-10-6-5-7-11-23)34(19-24-12-8-9-13-26(24)32)29(36)20-35(40(4,38)39)27-15-14-25(31)16-22(27)3/h5-16,21,28H,17-20H2,1-4H3,(H,33,37). The van der Waals surface area contributed by atoms with Gasteiger partial charge in [-0.15, -0.1) is 0 Å². The van der Waals surface area contributed by atoms with Crippen LogP contribution in [0.1, 0.15) is 30.5 Å². The highest BCUT2D eigenvalue weighted by atomic mass is 35.5. The van der Waals surface area contributed by atoms with Gasteiger partial charge in [-0.1, -0.05) is 85.6 Å². The largest absolute Gasteiger partial charge is 0.354 e. The molecule has 0 fully saturated rings. The van der Waals surface area contributed by atoms with Gasteiger partial charge in [0.05, 0.1) is 11.9 Å². The number of aryl methyl sites for hydroxylation is 1. The number of hydrogen-bond acceptors (Lipinski definition) is 4. The molecule has 0 aliphatic rings. The Morgan fingerprint density at radius 1 is 0.950 bits per heavy atom. The molecule has 1 unspecified atom stereocenters. The predicted octanol–water partition coefficient (Wildman–Crippen LogP) is 5.48.